The van der Waals surface area contributed by atoms with Crippen LogP contribution in [0.15, 0.2) is 36.4 Å². The number of thiazole rings is 2. The molecular weight excluding hydrogens is 404 g/mol. The van der Waals surface area contributed by atoms with E-state index in [0.29, 0.717) is 26.4 Å². The smallest absolute Gasteiger partial charge is 0.159 e. The molecule has 0 unspecified atom stereocenters. The lowest BCUT2D eigenvalue weighted by atomic mass is 10.2. The molecule has 0 saturated carbocycles. The maximum atomic E-state index is 5.71. The van der Waals surface area contributed by atoms with Crippen LogP contribution < -0.4 is 0 Å². The fourth-order valence-electron chi connectivity index (χ4n) is 2.66. The van der Waals surface area contributed by atoms with Gasteiger partial charge >= 0.3 is 0 Å². The molecule has 26 heavy (non-hydrogen) atoms. The van der Waals surface area contributed by atoms with Crippen molar-refractivity contribution >= 4 is 67.5 Å². The number of benzene rings is 2. The fourth-order valence-corrected chi connectivity index (χ4v) is 5.02. The van der Waals surface area contributed by atoms with E-state index in [1.54, 1.807) is 22.7 Å². The number of rotatable bonds is 7. The highest BCUT2D eigenvalue weighted by Crippen LogP contribution is 2.22. The first-order valence-electron chi connectivity index (χ1n) is 8.06. The van der Waals surface area contributed by atoms with Crippen LogP contribution in [0.1, 0.15) is 11.1 Å². The van der Waals surface area contributed by atoms with Crippen molar-refractivity contribution in [3.8, 4) is 0 Å². The second-order valence-electron chi connectivity index (χ2n) is 5.80. The van der Waals surface area contributed by atoms with Crippen molar-refractivity contribution in [1.29, 1.82) is 0 Å². The second-order valence-corrected chi connectivity index (χ2v) is 9.23. The molecule has 0 fully saturated rings. The number of ether oxygens (including phenoxy) is 2. The molecule has 0 atom stereocenters. The zero-order valence-electron chi connectivity index (χ0n) is 13.7. The van der Waals surface area contributed by atoms with Crippen molar-refractivity contribution in [3.05, 3.63) is 55.4 Å². The van der Waals surface area contributed by atoms with Crippen molar-refractivity contribution in [2.75, 3.05) is 13.2 Å². The molecule has 0 aliphatic carbocycles. The van der Waals surface area contributed by atoms with E-state index < -0.39 is 0 Å². The first kappa shape index (κ1) is 18.0. The van der Waals surface area contributed by atoms with Crippen LogP contribution in [-0.2, 0) is 22.7 Å². The number of H-pyrrole nitrogens is 2. The number of aromatic nitrogens is 2. The zero-order valence-corrected chi connectivity index (χ0v) is 17.0. The summed E-state index contributed by atoms with van der Waals surface area (Å²) in [6, 6.07) is 12.4. The van der Waals surface area contributed by atoms with E-state index >= 15 is 0 Å². The second kappa shape index (κ2) is 8.08. The number of aromatic amines is 2. The van der Waals surface area contributed by atoms with E-state index in [-0.39, 0.29) is 0 Å². The number of fused-ring (bicyclic) bond motifs is 2. The molecule has 0 amide bonds. The molecule has 0 aliphatic rings. The van der Waals surface area contributed by atoms with Gasteiger partial charge in [-0.2, -0.15) is 0 Å². The van der Waals surface area contributed by atoms with Crippen LogP contribution in [0.4, 0.5) is 0 Å². The number of hydrogen-bond donors (Lipinski definition) is 2. The summed E-state index contributed by atoms with van der Waals surface area (Å²) in [5.74, 6) is 0. The van der Waals surface area contributed by atoms with Gasteiger partial charge in [-0.3, -0.25) is 0 Å². The standard InChI is InChI=1S/C18H16N2O2S4/c23-17-19-13-3-1-11(7-15(13)25-17)9-21-5-6-22-10-12-2-4-14-16(8-12)26-18(24)20-14/h1-4,7-8H,5-6,9-10H2,(H,19,23)(H,20,24). The van der Waals surface area contributed by atoms with Gasteiger partial charge in [0, 0.05) is 0 Å². The Bertz CT molecular complexity index is 1060. The highest BCUT2D eigenvalue weighted by atomic mass is 32.2. The molecular formula is C18H16N2O2S4. The topological polar surface area (TPSA) is 50.0 Å². The summed E-state index contributed by atoms with van der Waals surface area (Å²) in [5.41, 5.74) is 4.44. The maximum absolute atomic E-state index is 5.71. The van der Waals surface area contributed by atoms with Gasteiger partial charge in [-0.25, -0.2) is 0 Å². The van der Waals surface area contributed by atoms with Gasteiger partial charge in [0.1, 0.15) is 0 Å². The van der Waals surface area contributed by atoms with Crippen LogP contribution >= 0.6 is 47.1 Å². The van der Waals surface area contributed by atoms with Crippen LogP contribution in [0.5, 0.6) is 0 Å². The van der Waals surface area contributed by atoms with Crippen LogP contribution in [0.2, 0.25) is 0 Å². The Balaban J connectivity index is 1.22. The lowest BCUT2D eigenvalue weighted by molar-refractivity contribution is 0.0339. The summed E-state index contributed by atoms with van der Waals surface area (Å²) >= 11 is 13.5. The molecule has 0 spiro atoms. The molecule has 2 N–H and O–H groups in total. The van der Waals surface area contributed by atoms with Gasteiger partial charge in [0.25, 0.3) is 0 Å². The third-order valence-electron chi connectivity index (χ3n) is 3.88. The van der Waals surface area contributed by atoms with Crippen LogP contribution in [0.3, 0.4) is 0 Å². The summed E-state index contributed by atoms with van der Waals surface area (Å²) in [6.45, 7) is 2.27. The third kappa shape index (κ3) is 4.28. The van der Waals surface area contributed by atoms with Gasteiger partial charge in [-0.05, 0) is 59.8 Å². The van der Waals surface area contributed by atoms with Crippen molar-refractivity contribution in [3.63, 3.8) is 0 Å². The molecule has 0 saturated heterocycles. The van der Waals surface area contributed by atoms with Crippen molar-refractivity contribution in [1.82, 2.24) is 9.97 Å². The van der Waals surface area contributed by atoms with E-state index in [4.69, 9.17) is 33.9 Å². The van der Waals surface area contributed by atoms with E-state index in [1.807, 2.05) is 12.1 Å². The van der Waals surface area contributed by atoms with E-state index in [0.717, 1.165) is 39.5 Å². The Morgan fingerprint density at radius 2 is 1.19 bits per heavy atom. The summed E-state index contributed by atoms with van der Waals surface area (Å²) in [4.78, 5) is 6.33. The van der Waals surface area contributed by atoms with Crippen LogP contribution in [0, 0.1) is 7.91 Å². The normalized spacial score (nSPS) is 11.5. The molecule has 4 nitrogen and oxygen atoms in total. The van der Waals surface area contributed by atoms with E-state index in [9.17, 15) is 0 Å². The summed E-state index contributed by atoms with van der Waals surface area (Å²) < 4.78 is 15.4. The van der Waals surface area contributed by atoms with E-state index in [1.165, 1.54) is 0 Å². The molecule has 0 radical (unpaired) electrons. The molecule has 2 aromatic carbocycles. The largest absolute Gasteiger partial charge is 0.374 e. The monoisotopic (exact) mass is 420 g/mol. The maximum Gasteiger partial charge on any atom is 0.159 e. The number of hydrogen-bond acceptors (Lipinski definition) is 6. The van der Waals surface area contributed by atoms with E-state index in [2.05, 4.69) is 34.2 Å². The lowest BCUT2D eigenvalue weighted by Gasteiger charge is -2.06. The SMILES string of the molecule is S=c1[nH]c2ccc(COCCOCc3ccc4[nH]c(=S)sc4c3)cc2s1. The van der Waals surface area contributed by atoms with Gasteiger partial charge in [-0.15, -0.1) is 22.7 Å². The Hall–Kier alpha value is -1.42. The first-order valence-corrected chi connectivity index (χ1v) is 10.5. The molecule has 8 heteroatoms. The number of nitrogens with one attached hydrogen (secondary N) is 2. The van der Waals surface area contributed by atoms with Crippen molar-refractivity contribution in [2.24, 2.45) is 0 Å². The highest BCUT2D eigenvalue weighted by Gasteiger charge is 2.02. The Kier molecular flexibility index (Phi) is 5.58. The van der Waals surface area contributed by atoms with Gasteiger partial charge in [0.05, 0.1) is 46.9 Å². The Morgan fingerprint density at radius 3 is 1.65 bits per heavy atom. The van der Waals surface area contributed by atoms with Gasteiger partial charge in [-0.1, -0.05) is 12.1 Å². The van der Waals surface area contributed by atoms with Gasteiger partial charge in [0.15, 0.2) is 7.91 Å². The van der Waals surface area contributed by atoms with Crippen LogP contribution in [0.25, 0.3) is 20.4 Å². The quantitative estimate of drug-likeness (QED) is 0.286. The van der Waals surface area contributed by atoms with Crippen molar-refractivity contribution in [2.45, 2.75) is 13.2 Å². The van der Waals surface area contributed by atoms with Crippen LogP contribution in [-0.4, -0.2) is 23.2 Å². The molecule has 4 rings (SSSR count). The Morgan fingerprint density at radius 1 is 0.731 bits per heavy atom. The average molecular weight is 421 g/mol. The molecule has 4 aromatic rings. The molecule has 2 aromatic heterocycles. The van der Waals surface area contributed by atoms with Crippen molar-refractivity contribution < 1.29 is 9.47 Å². The predicted molar refractivity (Wildman–Crippen MR) is 113 cm³/mol. The van der Waals surface area contributed by atoms with Gasteiger partial charge in [0.2, 0.25) is 0 Å². The summed E-state index contributed by atoms with van der Waals surface area (Å²) in [5, 5.41) is 0. The summed E-state index contributed by atoms with van der Waals surface area (Å²) in [6.07, 6.45) is 0. The summed E-state index contributed by atoms with van der Waals surface area (Å²) in [7, 11) is 0. The lowest BCUT2D eigenvalue weighted by Crippen LogP contribution is -2.04. The minimum atomic E-state index is 0.562. The van der Waals surface area contributed by atoms with Gasteiger partial charge < -0.3 is 19.4 Å². The molecule has 2 heterocycles. The fraction of sp³-hybridized carbons (Fsp3) is 0.222. The highest BCUT2D eigenvalue weighted by molar-refractivity contribution is 7.74. The Labute approximate surface area is 168 Å². The third-order valence-corrected chi connectivity index (χ3v) is 6.27. The first-order chi connectivity index (χ1) is 12.7. The minimum Gasteiger partial charge on any atom is -0.374 e. The zero-order chi connectivity index (χ0) is 17.9. The molecule has 0 aliphatic heterocycles. The molecule has 134 valence electrons. The minimum absolute atomic E-state index is 0.562. The molecule has 0 bridgehead atoms. The average Bonchev–Trinajstić information content (AvgIpc) is 3.17. The predicted octanol–water partition coefficient (Wildman–Crippen LogP) is 5.96.